The number of halogens is 1. The number of carbonyl (C=O) groups excluding carboxylic acids is 2. The number of nitrogens with zero attached hydrogens (tertiary/aromatic N) is 1. The van der Waals surface area contributed by atoms with Crippen molar-refractivity contribution < 1.29 is 14.0 Å². The van der Waals surface area contributed by atoms with Crippen LogP contribution in [0, 0.1) is 5.82 Å². The lowest BCUT2D eigenvalue weighted by molar-refractivity contribution is 0.0950. The number of carbonyl (C=O) groups is 2. The molecular weight excluding hydrogens is 429 g/mol. The van der Waals surface area contributed by atoms with Gasteiger partial charge in [0, 0.05) is 42.4 Å². The van der Waals surface area contributed by atoms with Crippen LogP contribution in [0.3, 0.4) is 0 Å². The fraction of sp³-hybridized carbons (Fsp3) is 0.286. The Morgan fingerprint density at radius 1 is 1.03 bits per heavy atom. The SMILES string of the molecule is CCc1ccc(NC(=O)N2CCC[C@H](c3cccc(C(=O)NCc4ccccc4F)c3)C2)cc1. The van der Waals surface area contributed by atoms with Gasteiger partial charge in [0.1, 0.15) is 5.82 Å². The topological polar surface area (TPSA) is 61.4 Å². The molecule has 34 heavy (non-hydrogen) atoms. The molecule has 176 valence electrons. The number of likely N-dealkylation sites (tertiary alicyclic amines) is 1. The maximum Gasteiger partial charge on any atom is 0.321 e. The average molecular weight is 460 g/mol. The minimum Gasteiger partial charge on any atom is -0.348 e. The largest absolute Gasteiger partial charge is 0.348 e. The zero-order valence-electron chi connectivity index (χ0n) is 19.4. The Balaban J connectivity index is 1.37. The molecule has 1 aliphatic rings. The van der Waals surface area contributed by atoms with E-state index >= 15 is 0 Å². The van der Waals surface area contributed by atoms with Crippen molar-refractivity contribution in [2.24, 2.45) is 0 Å². The zero-order chi connectivity index (χ0) is 23.9. The molecule has 6 heteroatoms. The highest BCUT2D eigenvalue weighted by molar-refractivity contribution is 5.94. The van der Waals surface area contributed by atoms with Gasteiger partial charge in [-0.15, -0.1) is 0 Å². The van der Waals surface area contributed by atoms with Gasteiger partial charge in [-0.2, -0.15) is 0 Å². The van der Waals surface area contributed by atoms with Crippen LogP contribution in [-0.2, 0) is 13.0 Å². The van der Waals surface area contributed by atoms with Crippen molar-refractivity contribution in [1.82, 2.24) is 10.2 Å². The van der Waals surface area contributed by atoms with Crippen molar-refractivity contribution in [3.8, 4) is 0 Å². The summed E-state index contributed by atoms with van der Waals surface area (Å²) in [6, 6.07) is 21.7. The molecule has 1 atom stereocenters. The highest BCUT2D eigenvalue weighted by Crippen LogP contribution is 2.28. The lowest BCUT2D eigenvalue weighted by Gasteiger charge is -2.33. The maximum atomic E-state index is 13.8. The molecule has 1 fully saturated rings. The van der Waals surface area contributed by atoms with E-state index in [4.69, 9.17) is 0 Å². The van der Waals surface area contributed by atoms with Crippen LogP contribution in [0.1, 0.15) is 52.7 Å². The Hall–Kier alpha value is -3.67. The van der Waals surface area contributed by atoms with Gasteiger partial charge in [-0.3, -0.25) is 4.79 Å². The third-order valence-electron chi connectivity index (χ3n) is 6.34. The number of hydrogen-bond donors (Lipinski definition) is 2. The number of amides is 3. The van der Waals surface area contributed by atoms with Gasteiger partial charge in [0.05, 0.1) is 0 Å². The summed E-state index contributed by atoms with van der Waals surface area (Å²) in [4.78, 5) is 27.4. The van der Waals surface area contributed by atoms with Crippen LogP contribution < -0.4 is 10.6 Å². The van der Waals surface area contributed by atoms with E-state index in [-0.39, 0.29) is 30.2 Å². The van der Waals surface area contributed by atoms with Crippen LogP contribution in [0.5, 0.6) is 0 Å². The molecule has 0 aromatic heterocycles. The molecule has 0 bridgehead atoms. The van der Waals surface area contributed by atoms with E-state index < -0.39 is 0 Å². The molecule has 0 spiro atoms. The average Bonchev–Trinajstić information content (AvgIpc) is 2.88. The van der Waals surface area contributed by atoms with Crippen LogP contribution in [0.25, 0.3) is 0 Å². The quantitative estimate of drug-likeness (QED) is 0.495. The van der Waals surface area contributed by atoms with Crippen LogP contribution in [0.2, 0.25) is 0 Å². The second kappa shape index (κ2) is 11.0. The number of anilines is 1. The molecule has 5 nitrogen and oxygen atoms in total. The van der Waals surface area contributed by atoms with E-state index in [1.54, 1.807) is 24.3 Å². The predicted molar refractivity (Wildman–Crippen MR) is 132 cm³/mol. The highest BCUT2D eigenvalue weighted by Gasteiger charge is 2.25. The molecule has 0 aliphatic carbocycles. The van der Waals surface area contributed by atoms with Gasteiger partial charge >= 0.3 is 6.03 Å². The van der Waals surface area contributed by atoms with Gasteiger partial charge < -0.3 is 15.5 Å². The zero-order valence-corrected chi connectivity index (χ0v) is 19.4. The monoisotopic (exact) mass is 459 g/mol. The summed E-state index contributed by atoms with van der Waals surface area (Å²) in [5.41, 5.74) is 4.03. The molecule has 0 saturated carbocycles. The fourth-order valence-electron chi connectivity index (χ4n) is 4.31. The molecule has 3 aromatic rings. The number of aryl methyl sites for hydroxylation is 1. The van der Waals surface area contributed by atoms with Gasteiger partial charge in [0.25, 0.3) is 5.91 Å². The molecule has 0 unspecified atom stereocenters. The first-order valence-corrected chi connectivity index (χ1v) is 11.8. The normalized spacial score (nSPS) is 15.6. The maximum absolute atomic E-state index is 13.8. The smallest absolute Gasteiger partial charge is 0.321 e. The van der Waals surface area contributed by atoms with Gasteiger partial charge in [-0.1, -0.05) is 49.4 Å². The van der Waals surface area contributed by atoms with E-state index in [9.17, 15) is 14.0 Å². The van der Waals surface area contributed by atoms with Gasteiger partial charge in [0.15, 0.2) is 0 Å². The first-order valence-electron chi connectivity index (χ1n) is 11.8. The number of benzene rings is 3. The Kier molecular flexibility index (Phi) is 7.58. The highest BCUT2D eigenvalue weighted by atomic mass is 19.1. The Morgan fingerprint density at radius 2 is 1.82 bits per heavy atom. The summed E-state index contributed by atoms with van der Waals surface area (Å²) >= 11 is 0. The van der Waals surface area contributed by atoms with Gasteiger partial charge in [-0.25, -0.2) is 9.18 Å². The predicted octanol–water partition coefficient (Wildman–Crippen LogP) is 5.73. The Labute approximate surface area is 200 Å². The Bertz CT molecular complexity index is 1150. The number of piperidine rings is 1. The molecule has 1 aliphatic heterocycles. The van der Waals surface area contributed by atoms with Crippen molar-refractivity contribution in [1.29, 1.82) is 0 Å². The molecule has 3 aromatic carbocycles. The summed E-state index contributed by atoms with van der Waals surface area (Å²) < 4.78 is 13.8. The molecule has 2 N–H and O–H groups in total. The molecular formula is C28H30FN3O2. The molecule has 0 radical (unpaired) electrons. The molecule has 1 saturated heterocycles. The molecule has 1 heterocycles. The Morgan fingerprint density at radius 3 is 2.59 bits per heavy atom. The minimum absolute atomic E-state index is 0.104. The van der Waals surface area contributed by atoms with E-state index in [1.807, 2.05) is 47.4 Å². The second-order valence-corrected chi connectivity index (χ2v) is 8.67. The van der Waals surface area contributed by atoms with Gasteiger partial charge in [-0.05, 0) is 60.7 Å². The summed E-state index contributed by atoms with van der Waals surface area (Å²) in [5, 5.41) is 5.79. The number of hydrogen-bond acceptors (Lipinski definition) is 2. The molecule has 3 amide bonds. The summed E-state index contributed by atoms with van der Waals surface area (Å²) in [7, 11) is 0. The minimum atomic E-state index is -0.335. The molecule has 4 rings (SSSR count). The lowest BCUT2D eigenvalue weighted by atomic mass is 9.89. The van der Waals surface area contributed by atoms with Crippen molar-refractivity contribution in [3.63, 3.8) is 0 Å². The fourth-order valence-corrected chi connectivity index (χ4v) is 4.31. The summed E-state index contributed by atoms with van der Waals surface area (Å²) in [5.74, 6) is -0.425. The second-order valence-electron chi connectivity index (χ2n) is 8.67. The van der Waals surface area contributed by atoms with Crippen LogP contribution in [0.15, 0.2) is 72.8 Å². The lowest BCUT2D eigenvalue weighted by Crippen LogP contribution is -2.41. The number of nitrogens with one attached hydrogen (secondary N) is 2. The third kappa shape index (κ3) is 5.81. The third-order valence-corrected chi connectivity index (χ3v) is 6.34. The van der Waals surface area contributed by atoms with Crippen molar-refractivity contribution >= 4 is 17.6 Å². The van der Waals surface area contributed by atoms with E-state index in [0.717, 1.165) is 30.5 Å². The van der Waals surface area contributed by atoms with Crippen LogP contribution in [0.4, 0.5) is 14.9 Å². The summed E-state index contributed by atoms with van der Waals surface area (Å²) in [6.07, 6.45) is 2.81. The van der Waals surface area contributed by atoms with Crippen molar-refractivity contribution in [2.45, 2.75) is 38.6 Å². The van der Waals surface area contributed by atoms with Crippen molar-refractivity contribution in [3.05, 3.63) is 101 Å². The first-order chi connectivity index (χ1) is 16.5. The van der Waals surface area contributed by atoms with E-state index in [2.05, 4.69) is 17.6 Å². The van der Waals surface area contributed by atoms with E-state index in [1.165, 1.54) is 11.6 Å². The number of urea groups is 1. The van der Waals surface area contributed by atoms with Crippen molar-refractivity contribution in [2.75, 3.05) is 18.4 Å². The van der Waals surface area contributed by atoms with E-state index in [0.29, 0.717) is 24.2 Å². The standard InChI is InChI=1S/C28H30FN3O2/c1-2-20-12-14-25(15-13-20)31-28(34)32-16-6-10-24(19-32)21-8-5-9-22(17-21)27(33)30-18-23-7-3-4-11-26(23)29/h3-5,7-9,11-15,17,24H,2,6,10,16,18-19H2,1H3,(H,30,33)(H,31,34)/t24-/m0/s1. The van der Waals surface area contributed by atoms with Crippen LogP contribution in [-0.4, -0.2) is 29.9 Å². The van der Waals surface area contributed by atoms with Crippen LogP contribution >= 0.6 is 0 Å². The van der Waals surface area contributed by atoms with Gasteiger partial charge in [0.2, 0.25) is 0 Å². The summed E-state index contributed by atoms with van der Waals surface area (Å²) in [6.45, 7) is 3.53. The number of rotatable bonds is 6. The first kappa shape index (κ1) is 23.5.